The zero-order valence-corrected chi connectivity index (χ0v) is 16.1. The molecule has 29 heavy (non-hydrogen) atoms. The largest absolute Gasteiger partial charge is 0.484 e. The van der Waals surface area contributed by atoms with Crippen LogP contribution in [0.4, 0.5) is 0 Å². The zero-order valence-electron chi connectivity index (χ0n) is 16.1. The van der Waals surface area contributed by atoms with Gasteiger partial charge in [-0.2, -0.15) is 0 Å². The number of hydrogen-bond acceptors (Lipinski definition) is 6. The van der Waals surface area contributed by atoms with Gasteiger partial charge in [-0.05, 0) is 31.2 Å². The third kappa shape index (κ3) is 3.68. The van der Waals surface area contributed by atoms with Crippen molar-refractivity contribution < 1.29 is 19.0 Å². The average Bonchev–Trinajstić information content (AvgIpc) is 3.33. The Labute approximate surface area is 167 Å². The molecule has 0 aromatic carbocycles. The number of aromatic nitrogens is 3. The van der Waals surface area contributed by atoms with Crippen molar-refractivity contribution in [3.8, 4) is 5.75 Å². The molecular formula is C21H22N4O4. The molecular weight excluding hydrogens is 372 g/mol. The first-order valence-corrected chi connectivity index (χ1v) is 9.70. The number of H-pyrrole nitrogens is 1. The Hall–Kier alpha value is -2.97. The Kier molecular flexibility index (Phi) is 4.65. The molecule has 3 aromatic heterocycles. The van der Waals surface area contributed by atoms with Gasteiger partial charge in [-0.15, -0.1) is 0 Å². The van der Waals surface area contributed by atoms with Gasteiger partial charge in [0.1, 0.15) is 29.7 Å². The second-order valence-corrected chi connectivity index (χ2v) is 7.47. The molecule has 150 valence electrons. The van der Waals surface area contributed by atoms with E-state index in [1.54, 1.807) is 17.3 Å². The summed E-state index contributed by atoms with van der Waals surface area (Å²) < 4.78 is 18.0. The Morgan fingerprint density at radius 3 is 2.66 bits per heavy atom. The highest BCUT2D eigenvalue weighted by Crippen LogP contribution is 2.24. The molecule has 8 heteroatoms. The fourth-order valence-electron chi connectivity index (χ4n) is 3.76. The highest BCUT2D eigenvalue weighted by molar-refractivity contribution is 5.97. The van der Waals surface area contributed by atoms with Gasteiger partial charge < -0.3 is 24.1 Å². The van der Waals surface area contributed by atoms with Gasteiger partial charge in [-0.3, -0.25) is 9.78 Å². The smallest absolute Gasteiger partial charge is 0.255 e. The molecule has 0 aliphatic carbocycles. The van der Waals surface area contributed by atoms with Crippen molar-refractivity contribution in [2.75, 3.05) is 26.3 Å². The number of carbonyl (C=O) groups is 1. The van der Waals surface area contributed by atoms with Crippen LogP contribution in [0.3, 0.4) is 0 Å². The minimum absolute atomic E-state index is 0.0561. The lowest BCUT2D eigenvalue weighted by Gasteiger charge is -2.19. The first-order chi connectivity index (χ1) is 14.2. The predicted molar refractivity (Wildman–Crippen MR) is 105 cm³/mol. The minimum Gasteiger partial charge on any atom is -0.484 e. The SMILES string of the molecule is Cc1ccc(OC2CO[C@H]3CN(C(=O)c4cnc5[nH]ccc5c4)C[C@@H]3OC2)cn1. The van der Waals surface area contributed by atoms with Crippen molar-refractivity contribution in [2.45, 2.75) is 25.2 Å². The van der Waals surface area contributed by atoms with E-state index in [1.165, 1.54) is 0 Å². The summed E-state index contributed by atoms with van der Waals surface area (Å²) in [5.41, 5.74) is 2.28. The molecule has 0 spiro atoms. The Morgan fingerprint density at radius 1 is 1.14 bits per heavy atom. The van der Waals surface area contributed by atoms with E-state index in [-0.39, 0.29) is 24.2 Å². The van der Waals surface area contributed by atoms with E-state index in [0.29, 0.717) is 37.6 Å². The molecule has 5 rings (SSSR count). The summed E-state index contributed by atoms with van der Waals surface area (Å²) in [6.07, 6.45) is 4.61. The maximum absolute atomic E-state index is 12.9. The summed E-state index contributed by atoms with van der Waals surface area (Å²) in [7, 11) is 0. The standard InChI is InChI=1S/C21H22N4O4/c1-13-2-3-16(8-23-13)29-17-11-27-18-9-25(10-19(18)28-12-17)21(26)15-6-14-4-5-22-20(14)24-7-15/h2-8,17-19H,9-12H2,1H3,(H,22,24)/t18-,19-/m0/s1. The number of nitrogens with one attached hydrogen (secondary N) is 1. The van der Waals surface area contributed by atoms with E-state index in [9.17, 15) is 4.79 Å². The van der Waals surface area contributed by atoms with E-state index in [4.69, 9.17) is 14.2 Å². The first kappa shape index (κ1) is 18.1. The lowest BCUT2D eigenvalue weighted by atomic mass is 10.2. The number of ether oxygens (including phenoxy) is 3. The van der Waals surface area contributed by atoms with Gasteiger partial charge in [0.25, 0.3) is 5.91 Å². The Morgan fingerprint density at radius 2 is 1.93 bits per heavy atom. The molecule has 2 aliphatic rings. The van der Waals surface area contributed by atoms with Crippen molar-refractivity contribution in [3.05, 3.63) is 54.1 Å². The van der Waals surface area contributed by atoms with Crippen LogP contribution in [0.5, 0.6) is 5.75 Å². The van der Waals surface area contributed by atoms with Gasteiger partial charge in [-0.1, -0.05) is 0 Å². The van der Waals surface area contributed by atoms with E-state index in [0.717, 1.165) is 16.7 Å². The maximum atomic E-state index is 12.9. The molecule has 5 heterocycles. The third-order valence-electron chi connectivity index (χ3n) is 5.33. The van der Waals surface area contributed by atoms with E-state index >= 15 is 0 Å². The number of nitrogens with zero attached hydrogens (tertiary/aromatic N) is 3. The average molecular weight is 394 g/mol. The lowest BCUT2D eigenvalue weighted by Crippen LogP contribution is -2.33. The number of hydrogen-bond donors (Lipinski definition) is 1. The van der Waals surface area contributed by atoms with Gasteiger partial charge in [0.05, 0.1) is 25.0 Å². The topological polar surface area (TPSA) is 89.6 Å². The van der Waals surface area contributed by atoms with Crippen LogP contribution in [0.2, 0.25) is 0 Å². The maximum Gasteiger partial charge on any atom is 0.255 e. The number of pyridine rings is 2. The number of carbonyl (C=O) groups excluding carboxylic acids is 1. The monoisotopic (exact) mass is 394 g/mol. The number of aromatic amines is 1. The number of rotatable bonds is 3. The predicted octanol–water partition coefficient (Wildman–Crippen LogP) is 1.95. The summed E-state index contributed by atoms with van der Waals surface area (Å²) >= 11 is 0. The molecule has 8 nitrogen and oxygen atoms in total. The van der Waals surface area contributed by atoms with Crippen LogP contribution >= 0.6 is 0 Å². The Balaban J connectivity index is 1.21. The fourth-order valence-corrected chi connectivity index (χ4v) is 3.76. The van der Waals surface area contributed by atoms with Crippen molar-refractivity contribution in [1.82, 2.24) is 19.9 Å². The van der Waals surface area contributed by atoms with Crippen LogP contribution in [0, 0.1) is 6.92 Å². The normalized spacial score (nSPS) is 22.4. The number of amides is 1. The molecule has 1 N–H and O–H groups in total. The minimum atomic E-state index is -0.200. The third-order valence-corrected chi connectivity index (χ3v) is 5.33. The number of likely N-dealkylation sites (tertiary alicyclic amines) is 1. The van der Waals surface area contributed by atoms with Crippen molar-refractivity contribution in [2.24, 2.45) is 0 Å². The summed E-state index contributed by atoms with van der Waals surface area (Å²) in [6, 6.07) is 7.56. The van der Waals surface area contributed by atoms with Crippen LogP contribution in [0.25, 0.3) is 11.0 Å². The van der Waals surface area contributed by atoms with Crippen LogP contribution in [-0.4, -0.2) is 70.4 Å². The zero-order chi connectivity index (χ0) is 19.8. The molecule has 3 aromatic rings. The van der Waals surface area contributed by atoms with Gasteiger partial charge in [0, 0.05) is 36.6 Å². The summed E-state index contributed by atoms with van der Waals surface area (Å²) in [6.45, 7) is 3.74. The van der Waals surface area contributed by atoms with Crippen molar-refractivity contribution in [3.63, 3.8) is 0 Å². The molecule has 2 saturated heterocycles. The highest BCUT2D eigenvalue weighted by atomic mass is 16.6. The van der Waals surface area contributed by atoms with Crippen LogP contribution < -0.4 is 4.74 Å². The molecule has 0 radical (unpaired) electrons. The van der Waals surface area contributed by atoms with E-state index < -0.39 is 0 Å². The van der Waals surface area contributed by atoms with Crippen molar-refractivity contribution in [1.29, 1.82) is 0 Å². The summed E-state index contributed by atoms with van der Waals surface area (Å²) in [4.78, 5) is 26.3. The van der Waals surface area contributed by atoms with Gasteiger partial charge >= 0.3 is 0 Å². The molecule has 0 unspecified atom stereocenters. The van der Waals surface area contributed by atoms with Gasteiger partial charge in [0.15, 0.2) is 0 Å². The van der Waals surface area contributed by atoms with E-state index in [1.807, 2.05) is 37.4 Å². The number of fused-ring (bicyclic) bond motifs is 2. The quantitative estimate of drug-likeness (QED) is 0.730. The summed E-state index contributed by atoms with van der Waals surface area (Å²) in [5, 5.41) is 0.919. The summed E-state index contributed by atoms with van der Waals surface area (Å²) in [5.74, 6) is 0.642. The first-order valence-electron chi connectivity index (χ1n) is 9.70. The molecule has 0 saturated carbocycles. The lowest BCUT2D eigenvalue weighted by molar-refractivity contribution is -0.00461. The molecule has 2 atom stereocenters. The van der Waals surface area contributed by atoms with E-state index in [2.05, 4.69) is 15.0 Å². The molecule has 2 fully saturated rings. The van der Waals surface area contributed by atoms with Crippen molar-refractivity contribution >= 4 is 16.9 Å². The second kappa shape index (κ2) is 7.46. The van der Waals surface area contributed by atoms with Gasteiger partial charge in [-0.25, -0.2) is 4.98 Å². The fraction of sp³-hybridized carbons (Fsp3) is 0.381. The van der Waals surface area contributed by atoms with Crippen LogP contribution in [0.1, 0.15) is 16.1 Å². The van der Waals surface area contributed by atoms with Gasteiger partial charge in [0.2, 0.25) is 0 Å². The number of aryl methyl sites for hydroxylation is 1. The molecule has 2 aliphatic heterocycles. The molecule has 1 amide bonds. The Bertz CT molecular complexity index is 1000. The molecule has 0 bridgehead atoms. The second-order valence-electron chi connectivity index (χ2n) is 7.47. The van der Waals surface area contributed by atoms with Crippen LogP contribution in [0.15, 0.2) is 42.9 Å². The van der Waals surface area contributed by atoms with Crippen LogP contribution in [-0.2, 0) is 9.47 Å². The highest BCUT2D eigenvalue weighted by Gasteiger charge is 2.40.